The molecule has 1 atom stereocenters. The quantitative estimate of drug-likeness (QED) is 0.573. The molecule has 0 bridgehead atoms. The average Bonchev–Trinajstić information content (AvgIpc) is 2.08. The Bertz CT molecular complexity index is 228. The summed E-state index contributed by atoms with van der Waals surface area (Å²) in [6, 6.07) is 0. The Morgan fingerprint density at radius 3 is 2.67 bits per heavy atom. The highest BCUT2D eigenvalue weighted by Gasteiger charge is 2.20. The molecule has 0 aromatic heterocycles. The van der Waals surface area contributed by atoms with Crippen molar-refractivity contribution in [3.05, 3.63) is 23.0 Å². The zero-order valence-corrected chi connectivity index (χ0v) is 7.12. The van der Waals surface area contributed by atoms with E-state index in [0.29, 0.717) is 12.0 Å². The largest absolute Gasteiger partial charge is 0.512 e. The molecule has 1 unspecified atom stereocenters. The lowest BCUT2D eigenvalue weighted by atomic mass is 9.90. The summed E-state index contributed by atoms with van der Waals surface area (Å²) in [7, 11) is 0. The summed E-state index contributed by atoms with van der Waals surface area (Å²) in [4.78, 5) is 0. The Balaban J connectivity index is 2.90. The maximum atomic E-state index is 9.46. The molecule has 3 nitrogen and oxygen atoms in total. The van der Waals surface area contributed by atoms with Crippen LogP contribution >= 0.6 is 0 Å². The van der Waals surface area contributed by atoms with Crippen molar-refractivity contribution < 1.29 is 15.3 Å². The molecule has 0 aromatic carbocycles. The summed E-state index contributed by atoms with van der Waals surface area (Å²) in [6.07, 6.45) is 2.44. The van der Waals surface area contributed by atoms with Gasteiger partial charge in [-0.25, -0.2) is 0 Å². The summed E-state index contributed by atoms with van der Waals surface area (Å²) in [5.74, 6) is -0.0947. The summed E-state index contributed by atoms with van der Waals surface area (Å²) < 4.78 is 0. The first-order chi connectivity index (χ1) is 5.69. The molecule has 12 heavy (non-hydrogen) atoms. The molecule has 0 aliphatic heterocycles. The van der Waals surface area contributed by atoms with Gasteiger partial charge in [0, 0.05) is 11.5 Å². The third kappa shape index (κ3) is 1.68. The lowest BCUT2D eigenvalue weighted by molar-refractivity contribution is 0.195. The number of allylic oxidation sites excluding steroid dienone is 1. The smallest absolute Gasteiger partial charge is 0.103 e. The lowest BCUT2D eigenvalue weighted by Gasteiger charge is -2.20. The fourth-order valence-electron chi connectivity index (χ4n) is 1.46. The monoisotopic (exact) mass is 170 g/mol. The van der Waals surface area contributed by atoms with Gasteiger partial charge in [-0.05, 0) is 13.3 Å². The third-order valence-electron chi connectivity index (χ3n) is 2.10. The van der Waals surface area contributed by atoms with Gasteiger partial charge in [-0.1, -0.05) is 11.6 Å². The number of rotatable bonds is 2. The summed E-state index contributed by atoms with van der Waals surface area (Å²) >= 11 is 0. The van der Waals surface area contributed by atoms with Crippen LogP contribution < -0.4 is 0 Å². The van der Waals surface area contributed by atoms with E-state index in [1.807, 2.05) is 6.92 Å². The lowest BCUT2D eigenvalue weighted by Crippen LogP contribution is -2.16. The van der Waals surface area contributed by atoms with Gasteiger partial charge >= 0.3 is 0 Å². The van der Waals surface area contributed by atoms with Crippen LogP contribution in [-0.2, 0) is 0 Å². The summed E-state index contributed by atoms with van der Waals surface area (Å²) in [6.45, 7) is 1.69. The molecular formula is C9H14O3. The van der Waals surface area contributed by atoms with E-state index in [2.05, 4.69) is 0 Å². The Labute approximate surface area is 71.7 Å². The van der Waals surface area contributed by atoms with E-state index in [1.54, 1.807) is 6.08 Å². The molecule has 68 valence electrons. The topological polar surface area (TPSA) is 60.7 Å². The Morgan fingerprint density at radius 1 is 1.50 bits per heavy atom. The molecule has 0 saturated heterocycles. The Morgan fingerprint density at radius 2 is 2.17 bits per heavy atom. The Hall–Kier alpha value is -0.800. The fourth-order valence-corrected chi connectivity index (χ4v) is 1.46. The van der Waals surface area contributed by atoms with E-state index in [0.717, 1.165) is 5.57 Å². The van der Waals surface area contributed by atoms with Gasteiger partial charge < -0.3 is 15.3 Å². The van der Waals surface area contributed by atoms with Gasteiger partial charge in [0.1, 0.15) is 5.76 Å². The van der Waals surface area contributed by atoms with E-state index in [4.69, 9.17) is 10.2 Å². The van der Waals surface area contributed by atoms with Crippen LogP contribution in [0, 0.1) is 5.92 Å². The van der Waals surface area contributed by atoms with Gasteiger partial charge in [0.2, 0.25) is 0 Å². The predicted molar refractivity (Wildman–Crippen MR) is 45.7 cm³/mol. The van der Waals surface area contributed by atoms with E-state index in [-0.39, 0.29) is 24.9 Å². The van der Waals surface area contributed by atoms with Gasteiger partial charge in [-0.3, -0.25) is 0 Å². The highest BCUT2D eigenvalue weighted by molar-refractivity contribution is 5.31. The first kappa shape index (κ1) is 9.29. The van der Waals surface area contributed by atoms with Crippen LogP contribution in [0.3, 0.4) is 0 Å². The van der Waals surface area contributed by atoms with E-state index >= 15 is 0 Å². The molecule has 0 heterocycles. The number of aliphatic hydroxyl groups excluding tert-OH is 3. The van der Waals surface area contributed by atoms with Crippen LogP contribution in [0.2, 0.25) is 0 Å². The molecule has 1 aliphatic carbocycles. The molecule has 0 aromatic rings. The van der Waals surface area contributed by atoms with Gasteiger partial charge in [0.25, 0.3) is 0 Å². The van der Waals surface area contributed by atoms with Crippen molar-refractivity contribution in [2.45, 2.75) is 13.3 Å². The second-order valence-electron chi connectivity index (χ2n) is 3.14. The molecule has 0 fully saturated rings. The number of aliphatic hydroxyl groups is 3. The minimum Gasteiger partial charge on any atom is -0.512 e. The Kier molecular flexibility index (Phi) is 2.89. The normalized spacial score (nSPS) is 24.2. The molecule has 0 amide bonds. The minimum absolute atomic E-state index is 0.0689. The van der Waals surface area contributed by atoms with Crippen LogP contribution in [0.25, 0.3) is 0 Å². The zero-order valence-electron chi connectivity index (χ0n) is 7.12. The van der Waals surface area contributed by atoms with Crippen molar-refractivity contribution in [1.29, 1.82) is 0 Å². The molecule has 0 saturated carbocycles. The minimum atomic E-state index is -0.225. The van der Waals surface area contributed by atoms with E-state index in [9.17, 15) is 5.11 Å². The zero-order chi connectivity index (χ0) is 9.14. The maximum Gasteiger partial charge on any atom is 0.103 e. The van der Waals surface area contributed by atoms with E-state index < -0.39 is 0 Å². The summed E-state index contributed by atoms with van der Waals surface area (Å²) in [5, 5.41) is 27.2. The van der Waals surface area contributed by atoms with Crippen LogP contribution in [0.1, 0.15) is 13.3 Å². The first-order valence-corrected chi connectivity index (χ1v) is 4.00. The van der Waals surface area contributed by atoms with Crippen molar-refractivity contribution in [2.75, 3.05) is 13.2 Å². The highest BCUT2D eigenvalue weighted by atomic mass is 16.3. The molecule has 3 heteroatoms. The van der Waals surface area contributed by atoms with Crippen molar-refractivity contribution in [3.8, 4) is 0 Å². The van der Waals surface area contributed by atoms with Gasteiger partial charge in [-0.15, -0.1) is 0 Å². The van der Waals surface area contributed by atoms with E-state index in [1.165, 1.54) is 0 Å². The molecule has 0 radical (unpaired) electrons. The van der Waals surface area contributed by atoms with Crippen molar-refractivity contribution in [2.24, 2.45) is 5.92 Å². The van der Waals surface area contributed by atoms with Crippen LogP contribution in [0.5, 0.6) is 0 Å². The SMILES string of the molecule is CC1=CC(CO)=C(O)C(CO)C1. The van der Waals surface area contributed by atoms with Gasteiger partial charge in [0.05, 0.1) is 13.2 Å². The average molecular weight is 170 g/mol. The highest BCUT2D eigenvalue weighted by Crippen LogP contribution is 2.26. The number of hydrogen-bond acceptors (Lipinski definition) is 3. The second-order valence-corrected chi connectivity index (χ2v) is 3.14. The van der Waals surface area contributed by atoms with Gasteiger partial charge in [0.15, 0.2) is 0 Å². The molecule has 1 rings (SSSR count). The molecule has 1 aliphatic rings. The van der Waals surface area contributed by atoms with Crippen molar-refractivity contribution in [1.82, 2.24) is 0 Å². The van der Waals surface area contributed by atoms with Crippen LogP contribution in [0.15, 0.2) is 23.0 Å². The molecule has 3 N–H and O–H groups in total. The maximum absolute atomic E-state index is 9.46. The standard InChI is InChI=1S/C9H14O3/c1-6-2-7(4-10)9(12)8(3-6)5-11/h2,8,10-12H,3-5H2,1H3. The second kappa shape index (κ2) is 3.74. The summed E-state index contributed by atoms with van der Waals surface area (Å²) in [5.41, 5.74) is 1.61. The first-order valence-electron chi connectivity index (χ1n) is 4.00. The predicted octanol–water partition coefficient (Wildman–Crippen LogP) is 0.749. The third-order valence-corrected chi connectivity index (χ3v) is 2.10. The van der Waals surface area contributed by atoms with Crippen LogP contribution in [-0.4, -0.2) is 28.5 Å². The van der Waals surface area contributed by atoms with Crippen LogP contribution in [0.4, 0.5) is 0 Å². The van der Waals surface area contributed by atoms with Crippen molar-refractivity contribution in [3.63, 3.8) is 0 Å². The number of hydrogen-bond donors (Lipinski definition) is 3. The van der Waals surface area contributed by atoms with Crippen molar-refractivity contribution >= 4 is 0 Å². The fraction of sp³-hybridized carbons (Fsp3) is 0.556. The molecular weight excluding hydrogens is 156 g/mol. The molecule has 0 spiro atoms. The van der Waals surface area contributed by atoms with Gasteiger partial charge in [-0.2, -0.15) is 0 Å².